The maximum atomic E-state index is 5.16. The van der Waals surface area contributed by atoms with Crippen molar-refractivity contribution in [2.24, 2.45) is 0 Å². The zero-order valence-electron chi connectivity index (χ0n) is 24.5. The van der Waals surface area contributed by atoms with Gasteiger partial charge in [0.15, 0.2) is 11.3 Å². The Kier molecular flexibility index (Phi) is 5.19. The zero-order chi connectivity index (χ0) is 30.2. The number of benzene rings is 4. The third kappa shape index (κ3) is 3.64. The number of aromatic nitrogens is 6. The van der Waals surface area contributed by atoms with Gasteiger partial charge < -0.3 is 0 Å². The molecule has 4 aromatic carbocycles. The molecule has 0 saturated carbocycles. The summed E-state index contributed by atoms with van der Waals surface area (Å²) in [6.07, 6.45) is 4.05. The third-order valence-electron chi connectivity index (χ3n) is 8.97. The molecule has 0 aliphatic heterocycles. The summed E-state index contributed by atoms with van der Waals surface area (Å²) < 4.78 is 4.12. The van der Waals surface area contributed by atoms with Gasteiger partial charge in [0.25, 0.3) is 0 Å². The number of nitrogens with zero attached hydrogens (tertiary/aromatic N) is 6. The molecule has 46 heavy (non-hydrogen) atoms. The molecule has 0 aliphatic rings. The highest BCUT2D eigenvalue weighted by atomic mass is 15.1. The predicted octanol–water partition coefficient (Wildman–Crippen LogP) is 9.39. The number of fused-ring (bicyclic) bond motifs is 10. The van der Waals surface area contributed by atoms with Gasteiger partial charge in [0.05, 0.1) is 11.4 Å². The lowest BCUT2D eigenvalue weighted by molar-refractivity contribution is 1.19. The fourth-order valence-electron chi connectivity index (χ4n) is 6.75. The fraction of sp³-hybridized carbons (Fsp3) is 0. The Labute approximate surface area is 262 Å². The zero-order valence-corrected chi connectivity index (χ0v) is 24.5. The van der Waals surface area contributed by atoms with Crippen molar-refractivity contribution in [3.8, 4) is 33.6 Å². The molecule has 6 heteroatoms. The molecule has 214 valence electrons. The summed E-state index contributed by atoms with van der Waals surface area (Å²) in [5.41, 5.74) is 11.7. The molecule has 10 rings (SSSR count). The SMILES string of the molecule is c1ccc2c(c1)c(-c1ccc(-c3ccc(-c4nc5c(nc6ccccn65)c5ccccc45)cc3)cc1)nc1c2nc2ccccn21. The van der Waals surface area contributed by atoms with Crippen LogP contribution >= 0.6 is 0 Å². The molecular weight excluding hydrogens is 564 g/mol. The molecule has 0 fully saturated rings. The number of imidazole rings is 2. The summed E-state index contributed by atoms with van der Waals surface area (Å²) in [6.45, 7) is 0. The average molecular weight is 589 g/mol. The van der Waals surface area contributed by atoms with Crippen molar-refractivity contribution in [1.29, 1.82) is 0 Å². The second-order valence-corrected chi connectivity index (χ2v) is 11.6. The van der Waals surface area contributed by atoms with Crippen LogP contribution in [0.3, 0.4) is 0 Å². The van der Waals surface area contributed by atoms with Gasteiger partial charge in [0.1, 0.15) is 22.3 Å². The van der Waals surface area contributed by atoms with Gasteiger partial charge in [0.2, 0.25) is 0 Å². The molecule has 6 heterocycles. The van der Waals surface area contributed by atoms with E-state index in [-0.39, 0.29) is 0 Å². The molecule has 0 saturated heterocycles. The Morgan fingerprint density at radius 1 is 0.326 bits per heavy atom. The molecular formula is C40H24N6. The standard InChI is InChI=1S/C40H24N6/c1-3-11-31-29(9-1)35(43-39-37(31)41-33-13-5-7-23-45(33)39)27-19-15-25(16-20-27)26-17-21-28(22-18-26)36-30-10-2-4-12-32(30)38-40(44-36)46-24-8-6-14-34(46)42-38/h1-24H. The van der Waals surface area contributed by atoms with E-state index in [1.165, 1.54) is 0 Å². The van der Waals surface area contributed by atoms with Gasteiger partial charge in [-0.25, -0.2) is 19.9 Å². The van der Waals surface area contributed by atoms with Crippen LogP contribution in [-0.2, 0) is 0 Å². The average Bonchev–Trinajstić information content (AvgIpc) is 3.70. The first-order valence-electron chi connectivity index (χ1n) is 15.3. The molecule has 0 atom stereocenters. The van der Waals surface area contributed by atoms with Crippen molar-refractivity contribution in [3.05, 3.63) is 146 Å². The quantitative estimate of drug-likeness (QED) is 0.206. The molecule has 0 unspecified atom stereocenters. The van der Waals surface area contributed by atoms with E-state index in [0.717, 1.165) is 88.8 Å². The smallest absolute Gasteiger partial charge is 0.165 e. The van der Waals surface area contributed by atoms with Crippen molar-refractivity contribution < 1.29 is 0 Å². The van der Waals surface area contributed by atoms with Crippen molar-refractivity contribution in [1.82, 2.24) is 28.7 Å². The van der Waals surface area contributed by atoms with Gasteiger partial charge in [-0.15, -0.1) is 0 Å². The van der Waals surface area contributed by atoms with Gasteiger partial charge in [-0.2, -0.15) is 0 Å². The van der Waals surface area contributed by atoms with Gasteiger partial charge in [-0.3, -0.25) is 8.80 Å². The van der Waals surface area contributed by atoms with Crippen molar-refractivity contribution in [3.63, 3.8) is 0 Å². The van der Waals surface area contributed by atoms with Crippen molar-refractivity contribution in [2.45, 2.75) is 0 Å². The second-order valence-electron chi connectivity index (χ2n) is 11.6. The highest BCUT2D eigenvalue weighted by molar-refractivity contribution is 6.10. The van der Waals surface area contributed by atoms with E-state index in [1.807, 2.05) is 48.8 Å². The van der Waals surface area contributed by atoms with Crippen LogP contribution in [0.5, 0.6) is 0 Å². The molecule has 6 nitrogen and oxygen atoms in total. The van der Waals surface area contributed by atoms with E-state index in [0.29, 0.717) is 0 Å². The lowest BCUT2D eigenvalue weighted by Crippen LogP contribution is -1.92. The Bertz CT molecular complexity index is 2600. The topological polar surface area (TPSA) is 60.4 Å². The predicted molar refractivity (Wildman–Crippen MR) is 186 cm³/mol. The molecule has 0 aliphatic carbocycles. The summed E-state index contributed by atoms with van der Waals surface area (Å²) in [4.78, 5) is 20.1. The molecule has 0 N–H and O–H groups in total. The lowest BCUT2D eigenvalue weighted by Gasteiger charge is -2.10. The second kappa shape index (κ2) is 9.55. The molecule has 0 bridgehead atoms. The van der Waals surface area contributed by atoms with Crippen LogP contribution in [0.4, 0.5) is 0 Å². The first kappa shape index (κ1) is 25.0. The number of pyridine rings is 4. The molecule has 0 radical (unpaired) electrons. The van der Waals surface area contributed by atoms with Gasteiger partial charge in [0, 0.05) is 45.1 Å². The summed E-state index contributed by atoms with van der Waals surface area (Å²) >= 11 is 0. The summed E-state index contributed by atoms with van der Waals surface area (Å²) in [5.74, 6) is 0. The highest BCUT2D eigenvalue weighted by Gasteiger charge is 2.16. The largest absolute Gasteiger partial charge is 0.284 e. The van der Waals surface area contributed by atoms with E-state index in [9.17, 15) is 0 Å². The Morgan fingerprint density at radius 2 is 0.696 bits per heavy atom. The molecule has 10 aromatic rings. The van der Waals surface area contributed by atoms with E-state index in [4.69, 9.17) is 19.9 Å². The van der Waals surface area contributed by atoms with Crippen LogP contribution in [0.1, 0.15) is 0 Å². The first-order valence-corrected chi connectivity index (χ1v) is 15.3. The van der Waals surface area contributed by atoms with E-state index in [1.54, 1.807) is 0 Å². The maximum Gasteiger partial charge on any atom is 0.165 e. The summed E-state index contributed by atoms with van der Waals surface area (Å²) in [5, 5.41) is 4.40. The normalized spacial score (nSPS) is 11.9. The van der Waals surface area contributed by atoms with Crippen molar-refractivity contribution in [2.75, 3.05) is 0 Å². The molecule has 0 amide bonds. The minimum Gasteiger partial charge on any atom is -0.284 e. The van der Waals surface area contributed by atoms with Gasteiger partial charge in [-0.05, 0) is 35.4 Å². The molecule has 0 spiro atoms. The number of hydrogen-bond donors (Lipinski definition) is 0. The van der Waals surface area contributed by atoms with Gasteiger partial charge in [-0.1, -0.05) is 109 Å². The van der Waals surface area contributed by atoms with E-state index < -0.39 is 0 Å². The van der Waals surface area contributed by atoms with E-state index in [2.05, 4.69) is 106 Å². The third-order valence-corrected chi connectivity index (χ3v) is 8.97. The Morgan fingerprint density at radius 3 is 1.13 bits per heavy atom. The first-order chi connectivity index (χ1) is 22.8. The molecule has 6 aromatic heterocycles. The van der Waals surface area contributed by atoms with Crippen LogP contribution in [-0.4, -0.2) is 28.7 Å². The summed E-state index contributed by atoms with van der Waals surface area (Å²) in [6, 6.07) is 46.3. The van der Waals surface area contributed by atoms with Crippen molar-refractivity contribution >= 4 is 55.2 Å². The maximum absolute atomic E-state index is 5.16. The van der Waals surface area contributed by atoms with Gasteiger partial charge >= 0.3 is 0 Å². The van der Waals surface area contributed by atoms with Crippen LogP contribution in [0.2, 0.25) is 0 Å². The lowest BCUT2D eigenvalue weighted by atomic mass is 9.97. The minimum atomic E-state index is 0.868. The van der Waals surface area contributed by atoms with Crippen LogP contribution in [0.15, 0.2) is 146 Å². The fourth-order valence-corrected chi connectivity index (χ4v) is 6.75. The minimum absolute atomic E-state index is 0.868. The number of rotatable bonds is 3. The number of hydrogen-bond acceptors (Lipinski definition) is 4. The Hall–Kier alpha value is -6.40. The Balaban J connectivity index is 1.05. The highest BCUT2D eigenvalue weighted by Crippen LogP contribution is 2.36. The summed E-state index contributed by atoms with van der Waals surface area (Å²) in [7, 11) is 0. The van der Waals surface area contributed by atoms with Crippen LogP contribution < -0.4 is 0 Å². The van der Waals surface area contributed by atoms with Crippen LogP contribution in [0.25, 0.3) is 88.8 Å². The van der Waals surface area contributed by atoms with E-state index >= 15 is 0 Å². The monoisotopic (exact) mass is 588 g/mol. The van der Waals surface area contributed by atoms with Crippen LogP contribution in [0, 0.1) is 0 Å².